The first kappa shape index (κ1) is 25.6. The maximum atomic E-state index is 14.2. The number of nitrogens with one attached hydrogen (secondary N) is 1. The van der Waals surface area contributed by atoms with Crippen LogP contribution in [0.4, 0.5) is 5.69 Å². The predicted molar refractivity (Wildman–Crippen MR) is 145 cm³/mol. The van der Waals surface area contributed by atoms with Gasteiger partial charge in [-0.25, -0.2) is 0 Å². The second-order valence-electron chi connectivity index (χ2n) is 10.1. The van der Waals surface area contributed by atoms with Gasteiger partial charge in [0.05, 0.1) is 0 Å². The van der Waals surface area contributed by atoms with Crippen molar-refractivity contribution in [2.24, 2.45) is 0 Å². The Morgan fingerprint density at radius 1 is 1.11 bits per heavy atom. The molecule has 1 N–H and O–H groups in total. The highest BCUT2D eigenvalue weighted by molar-refractivity contribution is 7.98. The molecule has 2 saturated heterocycles. The molecule has 1 atom stereocenters. The van der Waals surface area contributed by atoms with Crippen LogP contribution in [0.3, 0.4) is 0 Å². The topological polar surface area (TPSA) is 55.9 Å². The molecule has 2 fully saturated rings. The standard InChI is InChI=1S/C28H38N4O2S/c1-20-15-21(2)17-22(16-20)19-31-27(34)25(9-14-35-5)32(28(31)10-12-29-13-11-28)26(33)23-7-6-8-24(18-23)30(3)4/h6-8,15-18,25,29H,9-14,19H2,1-5H3. The van der Waals surface area contributed by atoms with Gasteiger partial charge >= 0.3 is 0 Å². The zero-order chi connectivity index (χ0) is 25.2. The Kier molecular flexibility index (Phi) is 7.77. The van der Waals surface area contributed by atoms with Crippen molar-refractivity contribution in [2.45, 2.75) is 51.4 Å². The summed E-state index contributed by atoms with van der Waals surface area (Å²) in [6, 6.07) is 13.8. The van der Waals surface area contributed by atoms with E-state index in [9.17, 15) is 9.59 Å². The average molecular weight is 495 g/mol. The molecule has 4 rings (SSSR count). The smallest absolute Gasteiger partial charge is 0.256 e. The van der Waals surface area contributed by atoms with Crippen molar-refractivity contribution < 1.29 is 9.59 Å². The monoisotopic (exact) mass is 494 g/mol. The average Bonchev–Trinajstić information content (AvgIpc) is 3.04. The van der Waals surface area contributed by atoms with E-state index in [0.29, 0.717) is 18.5 Å². The minimum Gasteiger partial charge on any atom is -0.378 e. The summed E-state index contributed by atoms with van der Waals surface area (Å²) < 4.78 is 0. The van der Waals surface area contributed by atoms with Crippen LogP contribution in [0.15, 0.2) is 42.5 Å². The number of nitrogens with zero attached hydrogens (tertiary/aromatic N) is 3. The quantitative estimate of drug-likeness (QED) is 0.629. The molecular weight excluding hydrogens is 456 g/mol. The lowest BCUT2D eigenvalue weighted by atomic mass is 9.93. The van der Waals surface area contributed by atoms with Crippen LogP contribution >= 0.6 is 11.8 Å². The lowest BCUT2D eigenvalue weighted by Crippen LogP contribution is -2.61. The largest absolute Gasteiger partial charge is 0.378 e. The highest BCUT2D eigenvalue weighted by atomic mass is 32.2. The molecule has 2 aliphatic rings. The predicted octanol–water partition coefficient (Wildman–Crippen LogP) is 4.06. The van der Waals surface area contributed by atoms with Gasteiger partial charge in [0.25, 0.3) is 5.91 Å². The van der Waals surface area contributed by atoms with E-state index in [-0.39, 0.29) is 11.8 Å². The first-order valence-corrected chi connectivity index (χ1v) is 13.9. The zero-order valence-corrected chi connectivity index (χ0v) is 22.5. The lowest BCUT2D eigenvalue weighted by Gasteiger charge is -2.47. The number of carbonyl (C=O) groups excluding carboxylic acids is 2. The minimum atomic E-state index is -0.617. The molecule has 2 aromatic carbocycles. The molecule has 0 aliphatic carbocycles. The third kappa shape index (κ3) is 5.07. The minimum absolute atomic E-state index is 0.0435. The van der Waals surface area contributed by atoms with Crippen LogP contribution in [0.25, 0.3) is 0 Å². The number of piperidine rings is 1. The summed E-state index contributed by atoms with van der Waals surface area (Å²) in [6.45, 7) is 6.29. The Bertz CT molecular complexity index is 1060. The van der Waals surface area contributed by atoms with Crippen LogP contribution < -0.4 is 10.2 Å². The molecular formula is C28H38N4O2S. The second-order valence-corrected chi connectivity index (χ2v) is 11.1. The molecule has 1 unspecified atom stereocenters. The molecule has 2 aliphatic heterocycles. The Labute approximate surface area is 214 Å². The maximum absolute atomic E-state index is 14.2. The van der Waals surface area contributed by atoms with E-state index in [1.807, 2.05) is 53.1 Å². The van der Waals surface area contributed by atoms with Crippen LogP contribution in [0.5, 0.6) is 0 Å². The molecule has 0 saturated carbocycles. The third-order valence-electron chi connectivity index (χ3n) is 7.26. The summed E-state index contributed by atoms with van der Waals surface area (Å²) in [4.78, 5) is 34.3. The number of amides is 2. The van der Waals surface area contributed by atoms with Crippen molar-refractivity contribution in [3.8, 4) is 0 Å². The van der Waals surface area contributed by atoms with E-state index in [0.717, 1.165) is 42.9 Å². The molecule has 0 aromatic heterocycles. The lowest BCUT2D eigenvalue weighted by molar-refractivity contribution is -0.134. The van der Waals surface area contributed by atoms with Crippen LogP contribution in [0, 0.1) is 13.8 Å². The SMILES string of the molecule is CSCCC1C(=O)N(Cc2cc(C)cc(C)c2)C2(CCNCC2)N1C(=O)c1cccc(N(C)C)c1. The molecule has 2 amide bonds. The van der Waals surface area contributed by atoms with E-state index in [4.69, 9.17) is 0 Å². The van der Waals surface area contributed by atoms with E-state index in [1.54, 1.807) is 11.8 Å². The number of anilines is 1. The number of aryl methyl sites for hydroxylation is 2. The number of thioether (sulfide) groups is 1. The van der Waals surface area contributed by atoms with Gasteiger partial charge < -0.3 is 20.0 Å². The number of rotatable bonds is 7. The summed E-state index contributed by atoms with van der Waals surface area (Å²) in [6.07, 6.45) is 4.19. The van der Waals surface area contributed by atoms with Crippen LogP contribution in [0.1, 0.15) is 46.3 Å². The van der Waals surface area contributed by atoms with Crippen molar-refractivity contribution in [3.05, 3.63) is 64.7 Å². The van der Waals surface area contributed by atoms with Crippen molar-refractivity contribution >= 4 is 29.3 Å². The van der Waals surface area contributed by atoms with E-state index in [1.165, 1.54) is 11.1 Å². The third-order valence-corrected chi connectivity index (χ3v) is 7.91. The van der Waals surface area contributed by atoms with Crippen molar-refractivity contribution in [1.82, 2.24) is 15.1 Å². The Morgan fingerprint density at radius 3 is 2.43 bits per heavy atom. The molecule has 188 valence electrons. The molecule has 1 spiro atoms. The Morgan fingerprint density at radius 2 is 1.80 bits per heavy atom. The van der Waals surface area contributed by atoms with Crippen molar-refractivity contribution in [1.29, 1.82) is 0 Å². The van der Waals surface area contributed by atoms with Gasteiger partial charge in [0.15, 0.2) is 0 Å². The number of carbonyl (C=O) groups is 2. The van der Waals surface area contributed by atoms with Crippen LogP contribution in [0.2, 0.25) is 0 Å². The van der Waals surface area contributed by atoms with Gasteiger partial charge in [-0.3, -0.25) is 9.59 Å². The first-order valence-electron chi connectivity index (χ1n) is 12.5. The fraction of sp³-hybridized carbons (Fsp3) is 0.500. The number of hydrogen-bond donors (Lipinski definition) is 1. The molecule has 2 aromatic rings. The van der Waals surface area contributed by atoms with Gasteiger partial charge in [0.2, 0.25) is 5.91 Å². The molecule has 2 heterocycles. The fourth-order valence-corrected chi connectivity index (χ4v) is 6.15. The Balaban J connectivity index is 1.79. The summed E-state index contributed by atoms with van der Waals surface area (Å²) >= 11 is 1.72. The molecule has 0 bridgehead atoms. The van der Waals surface area contributed by atoms with Crippen LogP contribution in [-0.2, 0) is 11.3 Å². The van der Waals surface area contributed by atoms with Gasteiger partial charge in [-0.05, 0) is 69.1 Å². The zero-order valence-electron chi connectivity index (χ0n) is 21.6. The maximum Gasteiger partial charge on any atom is 0.256 e. The van der Waals surface area contributed by atoms with Gasteiger partial charge in [-0.2, -0.15) is 11.8 Å². The summed E-state index contributed by atoms with van der Waals surface area (Å²) in [5.74, 6) is 0.874. The van der Waals surface area contributed by atoms with Crippen molar-refractivity contribution in [3.63, 3.8) is 0 Å². The van der Waals surface area contributed by atoms with E-state index in [2.05, 4.69) is 43.6 Å². The normalized spacial score (nSPS) is 19.5. The van der Waals surface area contributed by atoms with E-state index < -0.39 is 11.7 Å². The Hall–Kier alpha value is -2.51. The van der Waals surface area contributed by atoms with E-state index >= 15 is 0 Å². The van der Waals surface area contributed by atoms with Crippen LogP contribution in [-0.4, -0.2) is 72.5 Å². The molecule has 35 heavy (non-hydrogen) atoms. The number of hydrogen-bond acceptors (Lipinski definition) is 5. The highest BCUT2D eigenvalue weighted by Gasteiger charge is 2.58. The van der Waals surface area contributed by atoms with Gasteiger partial charge in [0, 0.05) is 44.7 Å². The number of benzene rings is 2. The summed E-state index contributed by atoms with van der Waals surface area (Å²) in [5, 5.41) is 3.45. The molecule has 6 nitrogen and oxygen atoms in total. The van der Waals surface area contributed by atoms with Gasteiger partial charge in [0.1, 0.15) is 11.7 Å². The second kappa shape index (κ2) is 10.6. The van der Waals surface area contributed by atoms with Gasteiger partial charge in [-0.1, -0.05) is 35.4 Å². The van der Waals surface area contributed by atoms with Crippen molar-refractivity contribution in [2.75, 3.05) is 44.1 Å². The fourth-order valence-electron chi connectivity index (χ4n) is 5.69. The summed E-state index contributed by atoms with van der Waals surface area (Å²) in [7, 11) is 3.95. The first-order chi connectivity index (χ1) is 16.8. The molecule has 0 radical (unpaired) electrons. The highest BCUT2D eigenvalue weighted by Crippen LogP contribution is 2.42. The molecule has 7 heteroatoms. The van der Waals surface area contributed by atoms with Gasteiger partial charge in [-0.15, -0.1) is 0 Å². The summed E-state index contributed by atoms with van der Waals surface area (Å²) in [5.41, 5.74) is 4.52.